The second-order valence-corrected chi connectivity index (χ2v) is 6.70. The van der Waals surface area contributed by atoms with Crippen LogP contribution in [-0.4, -0.2) is 21.9 Å². The minimum Gasteiger partial charge on any atom is -0.311 e. The first-order valence-electron chi connectivity index (χ1n) is 8.08. The number of nitrogens with one attached hydrogen (secondary N) is 1. The number of hydrogen-bond donors (Lipinski definition) is 1. The van der Waals surface area contributed by atoms with E-state index in [-0.39, 0.29) is 11.9 Å². The Balaban J connectivity index is 2.17. The minimum absolute atomic E-state index is 0.200. The molecule has 22 heavy (non-hydrogen) atoms. The number of halogens is 1. The summed E-state index contributed by atoms with van der Waals surface area (Å²) < 4.78 is 15.4. The molecule has 0 radical (unpaired) electrons. The van der Waals surface area contributed by atoms with Crippen LogP contribution in [0.3, 0.4) is 0 Å². The Morgan fingerprint density at radius 2 is 1.77 bits per heavy atom. The number of hydrogen-bond acceptors (Lipinski definition) is 2. The monoisotopic (exact) mass is 301 g/mol. The Morgan fingerprint density at radius 3 is 2.41 bits per heavy atom. The van der Waals surface area contributed by atoms with Gasteiger partial charge in [-0.05, 0) is 58.4 Å². The van der Waals surface area contributed by atoms with Crippen LogP contribution in [0.15, 0.2) is 24.3 Å². The van der Waals surface area contributed by atoms with Gasteiger partial charge in [-0.2, -0.15) is 5.10 Å². The van der Waals surface area contributed by atoms with Crippen molar-refractivity contribution in [3.8, 4) is 11.3 Å². The van der Waals surface area contributed by atoms with Gasteiger partial charge in [0, 0.05) is 35.7 Å². The van der Waals surface area contributed by atoms with Crippen molar-refractivity contribution in [1.82, 2.24) is 15.1 Å². The number of nitrogens with zero attached hydrogens (tertiary/aromatic N) is 2. The van der Waals surface area contributed by atoms with Crippen LogP contribution in [0.25, 0.3) is 11.3 Å². The van der Waals surface area contributed by atoms with Gasteiger partial charge in [0.2, 0.25) is 0 Å². The largest absolute Gasteiger partial charge is 0.311 e. The van der Waals surface area contributed by atoms with Gasteiger partial charge < -0.3 is 5.32 Å². The van der Waals surface area contributed by atoms with Crippen LogP contribution in [0.1, 0.15) is 45.0 Å². The first-order chi connectivity index (χ1) is 10.5. The maximum Gasteiger partial charge on any atom is 0.123 e. The molecule has 0 fully saturated rings. The Bertz CT molecular complexity index is 658. The minimum atomic E-state index is -0.200. The number of aromatic nitrogens is 2. The van der Waals surface area contributed by atoms with Gasteiger partial charge in [0.25, 0.3) is 0 Å². The fourth-order valence-corrected chi connectivity index (χ4v) is 3.38. The van der Waals surface area contributed by atoms with Crippen LogP contribution in [0.5, 0.6) is 0 Å². The molecule has 2 aromatic rings. The summed E-state index contributed by atoms with van der Waals surface area (Å²) in [6, 6.07) is 7.90. The molecule has 1 aromatic carbocycles. The molecule has 0 saturated carbocycles. The number of fused-ring (bicyclic) bond motifs is 1. The maximum atomic E-state index is 13.3. The summed E-state index contributed by atoms with van der Waals surface area (Å²) in [5.74, 6) is -0.200. The quantitative estimate of drug-likeness (QED) is 0.916. The van der Waals surface area contributed by atoms with E-state index in [0.717, 1.165) is 24.1 Å². The summed E-state index contributed by atoms with van der Waals surface area (Å²) in [7, 11) is 0. The van der Waals surface area contributed by atoms with Gasteiger partial charge in [0.15, 0.2) is 0 Å². The molecule has 4 heteroatoms. The van der Waals surface area contributed by atoms with Crippen molar-refractivity contribution in [2.24, 2.45) is 0 Å². The van der Waals surface area contributed by atoms with Crippen molar-refractivity contribution < 1.29 is 4.39 Å². The van der Waals surface area contributed by atoms with Crippen molar-refractivity contribution in [2.75, 3.05) is 0 Å². The molecule has 0 bridgehead atoms. The van der Waals surface area contributed by atoms with Crippen LogP contribution in [-0.2, 0) is 12.8 Å². The van der Waals surface area contributed by atoms with Gasteiger partial charge >= 0.3 is 0 Å². The van der Waals surface area contributed by atoms with Gasteiger partial charge in [-0.25, -0.2) is 4.39 Å². The summed E-state index contributed by atoms with van der Waals surface area (Å²) in [6.07, 6.45) is 1.90. The molecule has 0 amide bonds. The molecule has 118 valence electrons. The molecule has 0 saturated heterocycles. The lowest BCUT2D eigenvalue weighted by atomic mass is 9.99. The molecule has 1 aliphatic heterocycles. The van der Waals surface area contributed by atoms with E-state index < -0.39 is 0 Å². The smallest absolute Gasteiger partial charge is 0.123 e. The van der Waals surface area contributed by atoms with Crippen molar-refractivity contribution in [1.29, 1.82) is 0 Å². The van der Waals surface area contributed by atoms with E-state index in [2.05, 4.69) is 37.7 Å². The zero-order chi connectivity index (χ0) is 15.9. The highest BCUT2D eigenvalue weighted by molar-refractivity contribution is 5.65. The molecule has 1 N–H and O–H groups in total. The predicted octanol–water partition coefficient (Wildman–Crippen LogP) is 3.74. The molecule has 3 rings (SSSR count). The molecule has 2 atom stereocenters. The van der Waals surface area contributed by atoms with Gasteiger partial charge in [0.1, 0.15) is 5.82 Å². The number of benzene rings is 1. The standard InChI is InChI=1S/C18H24FN3/c1-11(2)22-18(14-5-7-15(19)8-6-14)16-9-12(3)20-13(4)10-17(16)21-22/h5-8,11-13,20H,9-10H2,1-4H3. The van der Waals surface area contributed by atoms with Crippen molar-refractivity contribution in [2.45, 2.75) is 58.7 Å². The van der Waals surface area contributed by atoms with Crippen molar-refractivity contribution >= 4 is 0 Å². The highest BCUT2D eigenvalue weighted by atomic mass is 19.1. The molecule has 2 heterocycles. The second-order valence-electron chi connectivity index (χ2n) is 6.70. The van der Waals surface area contributed by atoms with E-state index >= 15 is 0 Å². The zero-order valence-corrected chi connectivity index (χ0v) is 13.7. The Hall–Kier alpha value is -1.68. The fraction of sp³-hybridized carbons (Fsp3) is 0.500. The summed E-state index contributed by atoms with van der Waals surface area (Å²) in [6.45, 7) is 8.71. The summed E-state index contributed by atoms with van der Waals surface area (Å²) >= 11 is 0. The summed E-state index contributed by atoms with van der Waals surface area (Å²) in [4.78, 5) is 0. The van der Waals surface area contributed by atoms with E-state index in [1.807, 2.05) is 12.1 Å². The van der Waals surface area contributed by atoms with Crippen LogP contribution >= 0.6 is 0 Å². The highest BCUT2D eigenvalue weighted by Crippen LogP contribution is 2.32. The number of rotatable bonds is 2. The normalized spacial score (nSPS) is 21.7. The third kappa shape index (κ3) is 2.80. The fourth-order valence-electron chi connectivity index (χ4n) is 3.38. The van der Waals surface area contributed by atoms with Crippen LogP contribution < -0.4 is 5.32 Å². The SMILES string of the molecule is CC1Cc2nn(C(C)C)c(-c3ccc(F)cc3)c2CC(C)N1. The van der Waals surface area contributed by atoms with Crippen molar-refractivity contribution in [3.05, 3.63) is 41.3 Å². The van der Waals surface area contributed by atoms with Gasteiger partial charge in [0.05, 0.1) is 11.4 Å². The predicted molar refractivity (Wildman–Crippen MR) is 87.5 cm³/mol. The van der Waals surface area contributed by atoms with E-state index in [9.17, 15) is 4.39 Å². The molecule has 1 aliphatic rings. The Morgan fingerprint density at radius 1 is 1.14 bits per heavy atom. The van der Waals surface area contributed by atoms with Gasteiger partial charge in [-0.3, -0.25) is 4.68 Å². The lowest BCUT2D eigenvalue weighted by Crippen LogP contribution is -2.35. The third-order valence-electron chi connectivity index (χ3n) is 4.28. The van der Waals surface area contributed by atoms with E-state index in [1.54, 1.807) is 0 Å². The zero-order valence-electron chi connectivity index (χ0n) is 13.7. The molecule has 0 aliphatic carbocycles. The van der Waals surface area contributed by atoms with E-state index in [1.165, 1.54) is 23.4 Å². The Kier molecular flexibility index (Phi) is 4.04. The first-order valence-corrected chi connectivity index (χ1v) is 8.08. The second kappa shape index (κ2) is 5.84. The average Bonchev–Trinajstić information content (AvgIpc) is 2.71. The highest BCUT2D eigenvalue weighted by Gasteiger charge is 2.26. The first kappa shape index (κ1) is 15.2. The molecule has 2 unspecified atom stereocenters. The van der Waals surface area contributed by atoms with Crippen LogP contribution in [0.2, 0.25) is 0 Å². The molecule has 3 nitrogen and oxygen atoms in total. The van der Waals surface area contributed by atoms with E-state index in [4.69, 9.17) is 5.10 Å². The molecule has 1 aromatic heterocycles. The maximum absolute atomic E-state index is 13.3. The average molecular weight is 301 g/mol. The third-order valence-corrected chi connectivity index (χ3v) is 4.28. The topological polar surface area (TPSA) is 29.9 Å². The summed E-state index contributed by atoms with van der Waals surface area (Å²) in [5, 5.41) is 8.48. The molecule has 0 spiro atoms. The molecular formula is C18H24FN3. The lowest BCUT2D eigenvalue weighted by molar-refractivity contribution is 0.468. The van der Waals surface area contributed by atoms with E-state index in [0.29, 0.717) is 12.1 Å². The van der Waals surface area contributed by atoms with Gasteiger partial charge in [-0.1, -0.05) is 0 Å². The van der Waals surface area contributed by atoms with Gasteiger partial charge in [-0.15, -0.1) is 0 Å². The van der Waals surface area contributed by atoms with Crippen LogP contribution in [0.4, 0.5) is 4.39 Å². The Labute approximate surface area is 131 Å². The summed E-state index contributed by atoms with van der Waals surface area (Å²) in [5.41, 5.74) is 4.68. The van der Waals surface area contributed by atoms with Crippen LogP contribution in [0, 0.1) is 5.82 Å². The lowest BCUT2D eigenvalue weighted by Gasteiger charge is -2.17. The molecular weight excluding hydrogens is 277 g/mol. The van der Waals surface area contributed by atoms with Crippen molar-refractivity contribution in [3.63, 3.8) is 0 Å².